The number of nitrogens with zero attached hydrogens (tertiary/aromatic N) is 1. The van der Waals surface area contributed by atoms with E-state index < -0.39 is 11.7 Å². The molecule has 2 unspecified atom stereocenters. The van der Waals surface area contributed by atoms with Gasteiger partial charge in [0.25, 0.3) is 0 Å². The molecule has 1 heterocycles. The average Bonchev–Trinajstić information content (AvgIpc) is 2.45. The number of likely N-dealkylation sites (tertiary alicyclic amines) is 1. The van der Waals surface area contributed by atoms with Gasteiger partial charge in [-0.1, -0.05) is 6.07 Å². The lowest BCUT2D eigenvalue weighted by Gasteiger charge is -2.39. The van der Waals surface area contributed by atoms with E-state index in [1.54, 1.807) is 6.07 Å². The van der Waals surface area contributed by atoms with Gasteiger partial charge in [-0.25, -0.2) is 0 Å². The van der Waals surface area contributed by atoms with Gasteiger partial charge in [-0.15, -0.1) is 0 Å². The summed E-state index contributed by atoms with van der Waals surface area (Å²) in [5, 5.41) is 2.83. The molecule has 1 amide bonds. The molecule has 3 nitrogen and oxygen atoms in total. The van der Waals surface area contributed by atoms with Crippen molar-refractivity contribution >= 4 is 11.6 Å². The largest absolute Gasteiger partial charge is 0.416 e. The molecule has 1 aliphatic heterocycles. The van der Waals surface area contributed by atoms with Crippen LogP contribution in [0.5, 0.6) is 0 Å². The highest BCUT2D eigenvalue weighted by molar-refractivity contribution is 5.81. The molecular weight excluding hydrogens is 305 g/mol. The zero-order valence-corrected chi connectivity index (χ0v) is 13.7. The number of hydrogen-bond acceptors (Lipinski definition) is 2. The Kier molecular flexibility index (Phi) is 5.22. The fourth-order valence-electron chi connectivity index (χ4n) is 3.22. The lowest BCUT2D eigenvalue weighted by atomic mass is 9.97. The number of aryl methyl sites for hydroxylation is 1. The van der Waals surface area contributed by atoms with Crippen LogP contribution in [0.3, 0.4) is 0 Å². The van der Waals surface area contributed by atoms with Crippen LogP contribution in [0, 0.1) is 6.92 Å². The molecule has 1 aromatic rings. The Morgan fingerprint density at radius 3 is 2.43 bits per heavy atom. The van der Waals surface area contributed by atoms with Gasteiger partial charge in [0.2, 0.25) is 5.91 Å². The lowest BCUT2D eigenvalue weighted by Crippen LogP contribution is -2.49. The van der Waals surface area contributed by atoms with Crippen LogP contribution in [0.15, 0.2) is 18.2 Å². The van der Waals surface area contributed by atoms with Gasteiger partial charge in [0.05, 0.1) is 12.1 Å². The van der Waals surface area contributed by atoms with Gasteiger partial charge >= 0.3 is 6.18 Å². The molecule has 1 fully saturated rings. The van der Waals surface area contributed by atoms with Gasteiger partial charge in [0.15, 0.2) is 0 Å². The maximum Gasteiger partial charge on any atom is 0.416 e. The molecule has 23 heavy (non-hydrogen) atoms. The third-order valence-corrected chi connectivity index (χ3v) is 4.47. The van der Waals surface area contributed by atoms with Crippen LogP contribution in [0.1, 0.15) is 44.2 Å². The topological polar surface area (TPSA) is 32.3 Å². The number of carbonyl (C=O) groups is 1. The fraction of sp³-hybridized carbons (Fsp3) is 0.588. The van der Waals surface area contributed by atoms with Crippen LogP contribution in [0.4, 0.5) is 18.9 Å². The molecule has 0 saturated carbocycles. The maximum absolute atomic E-state index is 12.9. The minimum Gasteiger partial charge on any atom is -0.376 e. The first-order valence-corrected chi connectivity index (χ1v) is 7.93. The van der Waals surface area contributed by atoms with E-state index in [0.29, 0.717) is 5.69 Å². The normalized spacial score (nSPS) is 22.1. The van der Waals surface area contributed by atoms with Crippen molar-refractivity contribution in [2.75, 3.05) is 11.9 Å². The van der Waals surface area contributed by atoms with Crippen molar-refractivity contribution in [3.63, 3.8) is 0 Å². The fourth-order valence-corrected chi connectivity index (χ4v) is 3.22. The number of nitrogens with one attached hydrogen (secondary N) is 1. The summed E-state index contributed by atoms with van der Waals surface area (Å²) in [7, 11) is 0. The van der Waals surface area contributed by atoms with Gasteiger partial charge < -0.3 is 10.2 Å². The number of rotatable bonds is 3. The minimum absolute atomic E-state index is 0.00897. The van der Waals surface area contributed by atoms with Crippen molar-refractivity contribution < 1.29 is 18.0 Å². The monoisotopic (exact) mass is 328 g/mol. The van der Waals surface area contributed by atoms with Gasteiger partial charge in [-0.3, -0.25) is 4.79 Å². The maximum atomic E-state index is 12.9. The first-order chi connectivity index (χ1) is 10.7. The quantitative estimate of drug-likeness (QED) is 0.901. The standard InChI is InChI=1S/C17H23F3N2O/c1-11-7-8-14(9-15(11)17(18,19)20)21-10-16(23)22-12(2)5-4-6-13(22)3/h7-9,12-13,21H,4-6,10H2,1-3H3. The van der Waals surface area contributed by atoms with Crippen molar-refractivity contribution in [3.8, 4) is 0 Å². The first kappa shape index (κ1) is 17.6. The number of halogens is 3. The number of piperidine rings is 1. The lowest BCUT2D eigenvalue weighted by molar-refractivity contribution is -0.138. The minimum atomic E-state index is -4.39. The molecule has 0 bridgehead atoms. The van der Waals surface area contributed by atoms with Crippen molar-refractivity contribution in [1.29, 1.82) is 0 Å². The summed E-state index contributed by atoms with van der Waals surface area (Å²) >= 11 is 0. The summed E-state index contributed by atoms with van der Waals surface area (Å²) in [6, 6.07) is 4.41. The van der Waals surface area contributed by atoms with Crippen molar-refractivity contribution in [1.82, 2.24) is 4.90 Å². The zero-order valence-electron chi connectivity index (χ0n) is 13.7. The molecular formula is C17H23F3N2O. The first-order valence-electron chi connectivity index (χ1n) is 7.93. The van der Waals surface area contributed by atoms with Crippen molar-refractivity contribution in [2.45, 2.75) is 58.3 Å². The summed E-state index contributed by atoms with van der Waals surface area (Å²) in [6.45, 7) is 5.46. The molecule has 1 saturated heterocycles. The highest BCUT2D eigenvalue weighted by atomic mass is 19.4. The average molecular weight is 328 g/mol. The Balaban J connectivity index is 2.04. The Bertz CT molecular complexity index is 561. The predicted molar refractivity (Wildman–Crippen MR) is 84.3 cm³/mol. The van der Waals surface area contributed by atoms with Crippen molar-refractivity contribution in [3.05, 3.63) is 29.3 Å². The number of benzene rings is 1. The predicted octanol–water partition coefficient (Wildman–Crippen LogP) is 4.22. The number of carbonyl (C=O) groups excluding carboxylic acids is 1. The van der Waals surface area contributed by atoms with Crippen molar-refractivity contribution in [2.24, 2.45) is 0 Å². The van der Waals surface area contributed by atoms with E-state index in [1.807, 2.05) is 18.7 Å². The summed E-state index contributed by atoms with van der Waals surface area (Å²) in [4.78, 5) is 14.2. The molecule has 128 valence electrons. The number of hydrogen-bond donors (Lipinski definition) is 1. The summed E-state index contributed by atoms with van der Waals surface area (Å²) < 4.78 is 38.8. The molecule has 2 rings (SSSR count). The van der Waals surface area contributed by atoms with Crippen LogP contribution in [-0.2, 0) is 11.0 Å². The summed E-state index contributed by atoms with van der Waals surface area (Å²) in [5.74, 6) is -0.0705. The van der Waals surface area contributed by atoms with Gasteiger partial charge in [-0.05, 0) is 57.7 Å². The van der Waals surface area contributed by atoms with Crippen LogP contribution in [0.2, 0.25) is 0 Å². The zero-order chi connectivity index (χ0) is 17.2. The molecule has 1 aliphatic rings. The second-order valence-corrected chi connectivity index (χ2v) is 6.31. The van der Waals surface area contributed by atoms with E-state index in [2.05, 4.69) is 5.32 Å². The molecule has 0 spiro atoms. The summed E-state index contributed by atoms with van der Waals surface area (Å²) in [6.07, 6.45) is -1.34. The number of amides is 1. The van der Waals surface area contributed by atoms with E-state index in [1.165, 1.54) is 13.0 Å². The highest BCUT2D eigenvalue weighted by Crippen LogP contribution is 2.33. The van der Waals surface area contributed by atoms with E-state index >= 15 is 0 Å². The Hall–Kier alpha value is -1.72. The van der Waals surface area contributed by atoms with Crippen LogP contribution >= 0.6 is 0 Å². The van der Waals surface area contributed by atoms with E-state index in [4.69, 9.17) is 0 Å². The molecule has 2 atom stereocenters. The number of alkyl halides is 3. The van der Waals surface area contributed by atoms with E-state index in [-0.39, 0.29) is 30.1 Å². The third kappa shape index (κ3) is 4.18. The Morgan fingerprint density at radius 2 is 1.87 bits per heavy atom. The molecule has 1 aromatic carbocycles. The second kappa shape index (κ2) is 6.81. The molecule has 0 aliphatic carbocycles. The Labute approximate surface area is 134 Å². The molecule has 1 N–H and O–H groups in total. The van der Waals surface area contributed by atoms with Crippen LogP contribution in [-0.4, -0.2) is 29.4 Å². The van der Waals surface area contributed by atoms with Crippen LogP contribution in [0.25, 0.3) is 0 Å². The SMILES string of the molecule is Cc1ccc(NCC(=O)N2C(C)CCCC2C)cc1C(F)(F)F. The Morgan fingerprint density at radius 1 is 1.26 bits per heavy atom. The van der Waals surface area contributed by atoms with E-state index in [9.17, 15) is 18.0 Å². The smallest absolute Gasteiger partial charge is 0.376 e. The molecule has 0 radical (unpaired) electrons. The highest BCUT2D eigenvalue weighted by Gasteiger charge is 2.33. The second-order valence-electron chi connectivity index (χ2n) is 6.31. The van der Waals surface area contributed by atoms with E-state index in [0.717, 1.165) is 25.3 Å². The summed E-state index contributed by atoms with van der Waals surface area (Å²) in [5.41, 5.74) is -0.184. The third-order valence-electron chi connectivity index (χ3n) is 4.47. The molecule has 6 heteroatoms. The molecule has 0 aromatic heterocycles. The van der Waals surface area contributed by atoms with Gasteiger partial charge in [0.1, 0.15) is 0 Å². The van der Waals surface area contributed by atoms with Gasteiger partial charge in [0, 0.05) is 17.8 Å². The van der Waals surface area contributed by atoms with Gasteiger partial charge in [-0.2, -0.15) is 13.2 Å². The van der Waals surface area contributed by atoms with Crippen LogP contribution < -0.4 is 5.32 Å². The number of anilines is 1.